The van der Waals surface area contributed by atoms with E-state index in [0.717, 1.165) is 12.1 Å². The lowest BCUT2D eigenvalue weighted by Crippen LogP contribution is -2.35. The number of para-hydroxylation sites is 1. The van der Waals surface area contributed by atoms with E-state index in [-0.39, 0.29) is 17.8 Å². The molecule has 0 spiro atoms. The number of carbonyl (C=O) groups excluding carboxylic acids is 1. The number of hydrogen-bond acceptors (Lipinski definition) is 3. The number of pyridine rings is 1. The van der Waals surface area contributed by atoms with Gasteiger partial charge in [-0.05, 0) is 55.2 Å². The van der Waals surface area contributed by atoms with Crippen molar-refractivity contribution in [2.75, 3.05) is 16.8 Å². The van der Waals surface area contributed by atoms with Gasteiger partial charge in [-0.25, -0.2) is 9.37 Å². The third kappa shape index (κ3) is 3.60. The Hall–Kier alpha value is -3.21. The molecule has 0 saturated heterocycles. The lowest BCUT2D eigenvalue weighted by Gasteiger charge is -2.23. The first-order valence-electron chi connectivity index (χ1n) is 9.48. The van der Waals surface area contributed by atoms with E-state index < -0.39 is 0 Å². The van der Waals surface area contributed by atoms with Crippen molar-refractivity contribution in [3.63, 3.8) is 0 Å². The molecule has 0 bridgehead atoms. The zero-order valence-corrected chi connectivity index (χ0v) is 15.7. The van der Waals surface area contributed by atoms with Crippen LogP contribution >= 0.6 is 0 Å². The van der Waals surface area contributed by atoms with Crippen molar-refractivity contribution < 1.29 is 9.18 Å². The minimum absolute atomic E-state index is 0.0306. The van der Waals surface area contributed by atoms with Gasteiger partial charge >= 0.3 is 0 Å². The first kappa shape index (κ1) is 18.2. The van der Waals surface area contributed by atoms with Crippen LogP contribution in [-0.4, -0.2) is 23.5 Å². The van der Waals surface area contributed by atoms with Crippen LogP contribution in [0.15, 0.2) is 66.9 Å². The van der Waals surface area contributed by atoms with E-state index in [1.54, 1.807) is 30.5 Å². The molecule has 1 N–H and O–H groups in total. The highest BCUT2D eigenvalue weighted by Crippen LogP contribution is 2.33. The van der Waals surface area contributed by atoms with Gasteiger partial charge in [0.2, 0.25) is 0 Å². The summed E-state index contributed by atoms with van der Waals surface area (Å²) in [5.74, 6) is 0.377. The fourth-order valence-electron chi connectivity index (χ4n) is 3.70. The number of nitrogens with one attached hydrogen (secondary N) is 1. The molecule has 5 heteroatoms. The summed E-state index contributed by atoms with van der Waals surface area (Å²) in [5.41, 5.74) is 3.42. The molecule has 1 unspecified atom stereocenters. The number of fused-ring (bicyclic) bond motifs is 1. The van der Waals surface area contributed by atoms with Crippen molar-refractivity contribution >= 4 is 17.4 Å². The predicted octanol–water partition coefficient (Wildman–Crippen LogP) is 4.47. The van der Waals surface area contributed by atoms with Gasteiger partial charge in [-0.3, -0.25) is 4.79 Å². The van der Waals surface area contributed by atoms with Gasteiger partial charge in [0.25, 0.3) is 5.91 Å². The van der Waals surface area contributed by atoms with E-state index in [4.69, 9.17) is 0 Å². The minimum atomic E-state index is -0.206. The number of rotatable bonds is 5. The van der Waals surface area contributed by atoms with Crippen molar-refractivity contribution in [3.05, 3.63) is 89.4 Å². The summed E-state index contributed by atoms with van der Waals surface area (Å²) in [6, 6.07) is 18.4. The Bertz CT molecular complexity index is 1000. The number of aromatic nitrogens is 1. The Balaban J connectivity index is 1.46. The summed E-state index contributed by atoms with van der Waals surface area (Å²) in [6.07, 6.45) is 3.04. The summed E-state index contributed by atoms with van der Waals surface area (Å²) in [4.78, 5) is 19.3. The lowest BCUT2D eigenvalue weighted by atomic mass is 10.1. The Morgan fingerprint density at radius 3 is 2.82 bits per heavy atom. The van der Waals surface area contributed by atoms with Gasteiger partial charge in [0.05, 0.1) is 0 Å². The number of anilines is 2. The van der Waals surface area contributed by atoms with E-state index in [0.29, 0.717) is 29.9 Å². The molecule has 28 heavy (non-hydrogen) atoms. The monoisotopic (exact) mass is 375 g/mol. The van der Waals surface area contributed by atoms with E-state index in [9.17, 15) is 9.18 Å². The minimum Gasteiger partial charge on any atom is -0.370 e. The standard InChI is InChI=1S/C23H22FN3O/c1-16-14-18-7-3-5-9-21(18)27(16)23(28)19-11-13-26-22(15-19)25-12-10-17-6-2-4-8-20(17)24/h2-9,11,13,15-16H,10,12,14H2,1H3,(H,25,26). The molecule has 0 aliphatic carbocycles. The highest BCUT2D eigenvalue weighted by molar-refractivity contribution is 6.08. The molecule has 1 aliphatic rings. The summed E-state index contributed by atoms with van der Waals surface area (Å²) in [6.45, 7) is 2.60. The van der Waals surface area contributed by atoms with Crippen LogP contribution in [0.4, 0.5) is 15.9 Å². The maximum atomic E-state index is 13.7. The van der Waals surface area contributed by atoms with Gasteiger partial charge in [0.1, 0.15) is 11.6 Å². The highest BCUT2D eigenvalue weighted by atomic mass is 19.1. The van der Waals surface area contributed by atoms with Crippen molar-refractivity contribution in [1.82, 2.24) is 4.98 Å². The van der Waals surface area contributed by atoms with Crippen LogP contribution in [0.25, 0.3) is 0 Å². The van der Waals surface area contributed by atoms with Crippen molar-refractivity contribution in [3.8, 4) is 0 Å². The summed E-state index contributed by atoms with van der Waals surface area (Å²) >= 11 is 0. The van der Waals surface area contributed by atoms with E-state index >= 15 is 0 Å². The average Bonchev–Trinajstić information content (AvgIpc) is 3.05. The molecule has 1 atom stereocenters. The smallest absolute Gasteiger partial charge is 0.258 e. The molecule has 0 saturated carbocycles. The van der Waals surface area contributed by atoms with Crippen LogP contribution in [-0.2, 0) is 12.8 Å². The third-order valence-electron chi connectivity index (χ3n) is 5.09. The molecule has 1 aromatic heterocycles. The van der Waals surface area contributed by atoms with E-state index in [2.05, 4.69) is 23.3 Å². The number of halogens is 1. The molecule has 2 aromatic carbocycles. The molecule has 0 fully saturated rings. The fraction of sp³-hybridized carbons (Fsp3) is 0.217. The predicted molar refractivity (Wildman–Crippen MR) is 109 cm³/mol. The molecule has 0 radical (unpaired) electrons. The van der Waals surface area contributed by atoms with Crippen LogP contribution in [0.1, 0.15) is 28.4 Å². The molecule has 4 nitrogen and oxygen atoms in total. The van der Waals surface area contributed by atoms with Gasteiger partial charge in [-0.2, -0.15) is 0 Å². The van der Waals surface area contributed by atoms with Crippen molar-refractivity contribution in [1.29, 1.82) is 0 Å². The molecule has 4 rings (SSSR count). The molecule has 1 aliphatic heterocycles. The molecule has 142 valence electrons. The largest absolute Gasteiger partial charge is 0.370 e. The topological polar surface area (TPSA) is 45.2 Å². The lowest BCUT2D eigenvalue weighted by molar-refractivity contribution is 0.0981. The molecule has 1 amide bonds. The highest BCUT2D eigenvalue weighted by Gasteiger charge is 2.31. The Morgan fingerprint density at radius 2 is 1.96 bits per heavy atom. The number of carbonyl (C=O) groups is 1. The summed E-state index contributed by atoms with van der Waals surface area (Å²) in [5, 5.41) is 3.19. The third-order valence-corrected chi connectivity index (χ3v) is 5.09. The Kier molecular flexibility index (Phi) is 5.06. The van der Waals surface area contributed by atoms with Crippen LogP contribution in [0, 0.1) is 5.82 Å². The van der Waals surface area contributed by atoms with Gasteiger partial charge in [-0.1, -0.05) is 36.4 Å². The molecule has 3 aromatic rings. The van der Waals surface area contributed by atoms with Gasteiger partial charge < -0.3 is 10.2 Å². The Labute approximate surface area is 164 Å². The van der Waals surface area contributed by atoms with Crippen molar-refractivity contribution in [2.24, 2.45) is 0 Å². The normalized spacial score (nSPS) is 15.4. The second-order valence-electron chi connectivity index (χ2n) is 7.05. The SMILES string of the molecule is CC1Cc2ccccc2N1C(=O)c1ccnc(NCCc2ccccc2F)c1. The molecular weight excluding hydrogens is 353 g/mol. The first-order valence-corrected chi connectivity index (χ1v) is 9.48. The van der Waals surface area contributed by atoms with Gasteiger partial charge in [0, 0.05) is 30.0 Å². The average molecular weight is 375 g/mol. The van der Waals surface area contributed by atoms with Gasteiger partial charge in [0.15, 0.2) is 0 Å². The first-order chi connectivity index (χ1) is 13.6. The maximum Gasteiger partial charge on any atom is 0.258 e. The molecular formula is C23H22FN3O. The van der Waals surface area contributed by atoms with Crippen LogP contribution in [0.3, 0.4) is 0 Å². The van der Waals surface area contributed by atoms with Crippen LogP contribution < -0.4 is 10.2 Å². The fourth-order valence-corrected chi connectivity index (χ4v) is 3.70. The second kappa shape index (κ2) is 7.80. The number of benzene rings is 2. The Morgan fingerprint density at radius 1 is 1.18 bits per heavy atom. The zero-order valence-electron chi connectivity index (χ0n) is 15.7. The second-order valence-corrected chi connectivity index (χ2v) is 7.05. The maximum absolute atomic E-state index is 13.7. The molecule has 2 heterocycles. The quantitative estimate of drug-likeness (QED) is 0.716. The zero-order chi connectivity index (χ0) is 19.5. The summed E-state index contributed by atoms with van der Waals surface area (Å²) < 4.78 is 13.7. The van der Waals surface area contributed by atoms with Crippen molar-refractivity contribution in [2.45, 2.75) is 25.8 Å². The number of amides is 1. The van der Waals surface area contributed by atoms with E-state index in [1.807, 2.05) is 29.2 Å². The summed E-state index contributed by atoms with van der Waals surface area (Å²) in [7, 11) is 0. The number of nitrogens with zero attached hydrogens (tertiary/aromatic N) is 2. The van der Waals surface area contributed by atoms with E-state index in [1.165, 1.54) is 11.6 Å². The van der Waals surface area contributed by atoms with Crippen LogP contribution in [0.2, 0.25) is 0 Å². The number of hydrogen-bond donors (Lipinski definition) is 1. The van der Waals surface area contributed by atoms with Gasteiger partial charge in [-0.15, -0.1) is 0 Å². The van der Waals surface area contributed by atoms with Crippen LogP contribution in [0.5, 0.6) is 0 Å².